The number of carbonyl (C=O) groups excluding carboxylic acids is 2. The number of benzene rings is 1. The molecule has 2 aromatic rings. The van der Waals surface area contributed by atoms with Crippen LogP contribution in [-0.2, 0) is 11.2 Å². The van der Waals surface area contributed by atoms with E-state index in [9.17, 15) is 9.59 Å². The standard InChI is InChI=1S/C22H28N4O2S/c1-16-19(14-18-10-6-3-7-11-18)25-22(24-16)29-15-20(27)26-21(28)23-13-12-17-8-4-2-5-9-17/h3,6-8,10-11H,2,4-5,9,12-15H2,1H3,(H,24,25)(H2,23,26,27,28). The molecule has 0 spiro atoms. The molecule has 0 bridgehead atoms. The lowest BCUT2D eigenvalue weighted by Gasteiger charge is -2.13. The molecular formula is C22H28N4O2S. The van der Waals surface area contributed by atoms with Gasteiger partial charge < -0.3 is 10.3 Å². The van der Waals surface area contributed by atoms with Crippen LogP contribution in [0.25, 0.3) is 0 Å². The van der Waals surface area contributed by atoms with Gasteiger partial charge in [-0.3, -0.25) is 10.1 Å². The van der Waals surface area contributed by atoms with Crippen LogP contribution in [-0.4, -0.2) is 34.2 Å². The van der Waals surface area contributed by atoms with Gasteiger partial charge >= 0.3 is 6.03 Å². The molecule has 1 aromatic carbocycles. The number of H-pyrrole nitrogens is 1. The number of nitrogens with one attached hydrogen (secondary N) is 3. The summed E-state index contributed by atoms with van der Waals surface area (Å²) in [6.07, 6.45) is 8.60. The molecule has 3 rings (SSSR count). The third-order valence-corrected chi connectivity index (χ3v) is 5.76. The van der Waals surface area contributed by atoms with E-state index >= 15 is 0 Å². The first-order valence-electron chi connectivity index (χ1n) is 10.1. The Labute approximate surface area is 176 Å². The average Bonchev–Trinajstić information content (AvgIpc) is 3.07. The van der Waals surface area contributed by atoms with E-state index in [4.69, 9.17) is 0 Å². The minimum absolute atomic E-state index is 0.135. The molecule has 1 aliphatic rings. The number of rotatable bonds is 8. The Balaban J connectivity index is 1.38. The smallest absolute Gasteiger partial charge is 0.321 e. The van der Waals surface area contributed by atoms with Crippen LogP contribution in [0.15, 0.2) is 47.1 Å². The monoisotopic (exact) mass is 412 g/mol. The zero-order valence-electron chi connectivity index (χ0n) is 16.8. The fourth-order valence-electron chi connectivity index (χ4n) is 3.31. The number of aromatic nitrogens is 2. The highest BCUT2D eigenvalue weighted by atomic mass is 32.2. The first-order valence-corrected chi connectivity index (χ1v) is 11.1. The quantitative estimate of drug-likeness (QED) is 0.450. The van der Waals surface area contributed by atoms with Gasteiger partial charge in [-0.2, -0.15) is 0 Å². The van der Waals surface area contributed by atoms with Crippen molar-refractivity contribution in [1.29, 1.82) is 0 Å². The first kappa shape index (κ1) is 21.2. The molecule has 0 saturated carbocycles. The van der Waals surface area contributed by atoms with Gasteiger partial charge in [-0.1, -0.05) is 53.7 Å². The highest BCUT2D eigenvalue weighted by Crippen LogP contribution is 2.20. The topological polar surface area (TPSA) is 86.9 Å². The van der Waals surface area contributed by atoms with Crippen LogP contribution in [0.3, 0.4) is 0 Å². The average molecular weight is 413 g/mol. The summed E-state index contributed by atoms with van der Waals surface area (Å²) >= 11 is 1.29. The molecule has 0 fully saturated rings. The van der Waals surface area contributed by atoms with Crippen LogP contribution in [0.4, 0.5) is 4.79 Å². The zero-order valence-corrected chi connectivity index (χ0v) is 17.6. The third kappa shape index (κ3) is 7.09. The van der Waals surface area contributed by atoms with Gasteiger partial charge in [0.05, 0.1) is 11.4 Å². The van der Waals surface area contributed by atoms with Gasteiger partial charge in [0.25, 0.3) is 0 Å². The number of imidazole rings is 1. The molecule has 0 aliphatic heterocycles. The molecule has 7 heteroatoms. The van der Waals surface area contributed by atoms with Crippen molar-refractivity contribution in [2.24, 2.45) is 0 Å². The van der Waals surface area contributed by atoms with E-state index in [0.29, 0.717) is 11.7 Å². The van der Waals surface area contributed by atoms with Crippen molar-refractivity contribution in [3.63, 3.8) is 0 Å². The highest BCUT2D eigenvalue weighted by molar-refractivity contribution is 7.99. The molecule has 1 heterocycles. The number of amides is 3. The number of hydrogen-bond donors (Lipinski definition) is 3. The van der Waals surface area contributed by atoms with Crippen LogP contribution in [0, 0.1) is 6.92 Å². The molecule has 3 N–H and O–H groups in total. The van der Waals surface area contributed by atoms with Crippen LogP contribution in [0.2, 0.25) is 0 Å². The van der Waals surface area contributed by atoms with Crippen molar-refractivity contribution < 1.29 is 9.59 Å². The molecule has 1 aromatic heterocycles. The summed E-state index contributed by atoms with van der Waals surface area (Å²) in [5.41, 5.74) is 4.55. The maximum absolute atomic E-state index is 12.0. The molecule has 0 saturated heterocycles. The number of hydrogen-bond acceptors (Lipinski definition) is 4. The lowest BCUT2D eigenvalue weighted by Crippen LogP contribution is -2.40. The summed E-state index contributed by atoms with van der Waals surface area (Å²) in [6.45, 7) is 2.53. The molecule has 154 valence electrons. The molecule has 6 nitrogen and oxygen atoms in total. The molecule has 1 aliphatic carbocycles. The fourth-order valence-corrected chi connectivity index (χ4v) is 4.05. The number of nitrogens with zero attached hydrogens (tertiary/aromatic N) is 1. The van der Waals surface area contributed by atoms with Gasteiger partial charge in [0, 0.05) is 18.7 Å². The Hall–Kier alpha value is -2.54. The molecule has 3 amide bonds. The Morgan fingerprint density at radius 3 is 2.79 bits per heavy atom. The third-order valence-electron chi connectivity index (χ3n) is 4.89. The van der Waals surface area contributed by atoms with Crippen molar-refractivity contribution >= 4 is 23.7 Å². The normalized spacial score (nSPS) is 13.6. The van der Waals surface area contributed by atoms with E-state index in [1.807, 2.05) is 25.1 Å². The lowest BCUT2D eigenvalue weighted by atomic mass is 9.97. The highest BCUT2D eigenvalue weighted by Gasteiger charge is 2.12. The minimum Gasteiger partial charge on any atom is -0.337 e. The first-order chi connectivity index (χ1) is 14.1. The van der Waals surface area contributed by atoms with E-state index in [-0.39, 0.29) is 11.7 Å². The maximum Gasteiger partial charge on any atom is 0.321 e. The summed E-state index contributed by atoms with van der Waals surface area (Å²) in [6, 6.07) is 9.70. The van der Waals surface area contributed by atoms with E-state index in [1.54, 1.807) is 0 Å². The van der Waals surface area contributed by atoms with Crippen molar-refractivity contribution in [3.8, 4) is 0 Å². The summed E-state index contributed by atoms with van der Waals surface area (Å²) in [4.78, 5) is 31.7. The molecular weight excluding hydrogens is 384 g/mol. The lowest BCUT2D eigenvalue weighted by molar-refractivity contribution is -0.117. The second-order valence-electron chi connectivity index (χ2n) is 7.23. The fraction of sp³-hybridized carbons (Fsp3) is 0.409. The van der Waals surface area contributed by atoms with Gasteiger partial charge in [-0.25, -0.2) is 9.78 Å². The Kier molecular flexibility index (Phi) is 7.93. The van der Waals surface area contributed by atoms with Gasteiger partial charge in [-0.05, 0) is 44.6 Å². The van der Waals surface area contributed by atoms with Crippen molar-refractivity contribution in [2.45, 2.75) is 50.6 Å². The van der Waals surface area contributed by atoms with Crippen LogP contribution >= 0.6 is 11.8 Å². The summed E-state index contributed by atoms with van der Waals surface area (Å²) < 4.78 is 0. The summed E-state index contributed by atoms with van der Waals surface area (Å²) in [7, 11) is 0. The van der Waals surface area contributed by atoms with Crippen molar-refractivity contribution in [3.05, 3.63) is 58.9 Å². The Morgan fingerprint density at radius 2 is 2.03 bits per heavy atom. The molecule has 0 radical (unpaired) electrons. The Morgan fingerprint density at radius 1 is 1.21 bits per heavy atom. The van der Waals surface area contributed by atoms with Gasteiger partial charge in [0.15, 0.2) is 5.16 Å². The number of allylic oxidation sites excluding steroid dienone is 1. The SMILES string of the molecule is Cc1[nH]c(SCC(=O)NC(=O)NCCC2=CCCCC2)nc1Cc1ccccc1. The number of urea groups is 1. The van der Waals surface area contributed by atoms with Crippen molar-refractivity contribution in [2.75, 3.05) is 12.3 Å². The van der Waals surface area contributed by atoms with Gasteiger partial charge in [0.1, 0.15) is 0 Å². The van der Waals surface area contributed by atoms with Crippen LogP contribution in [0.5, 0.6) is 0 Å². The van der Waals surface area contributed by atoms with E-state index < -0.39 is 6.03 Å². The van der Waals surface area contributed by atoms with Gasteiger partial charge in [0.2, 0.25) is 5.91 Å². The molecule has 29 heavy (non-hydrogen) atoms. The predicted octanol–water partition coefficient (Wildman–Crippen LogP) is 4.12. The second-order valence-corrected chi connectivity index (χ2v) is 8.19. The van der Waals surface area contributed by atoms with Crippen LogP contribution < -0.4 is 10.6 Å². The van der Waals surface area contributed by atoms with Crippen LogP contribution in [0.1, 0.15) is 49.1 Å². The number of thioether (sulfide) groups is 1. The van der Waals surface area contributed by atoms with E-state index in [0.717, 1.165) is 37.1 Å². The summed E-state index contributed by atoms with van der Waals surface area (Å²) in [5, 5.41) is 5.82. The van der Waals surface area contributed by atoms with Crippen molar-refractivity contribution in [1.82, 2.24) is 20.6 Å². The number of aryl methyl sites for hydroxylation is 1. The van der Waals surface area contributed by atoms with E-state index in [1.165, 1.54) is 35.7 Å². The number of carbonyl (C=O) groups is 2. The predicted molar refractivity (Wildman–Crippen MR) is 116 cm³/mol. The molecule has 0 unspecified atom stereocenters. The maximum atomic E-state index is 12.0. The van der Waals surface area contributed by atoms with E-state index in [2.05, 4.69) is 38.8 Å². The number of imide groups is 1. The molecule has 0 atom stereocenters. The number of aromatic amines is 1. The summed E-state index contributed by atoms with van der Waals surface area (Å²) in [5.74, 6) is -0.195. The zero-order chi connectivity index (χ0) is 20.5. The Bertz CT molecular complexity index is 861. The largest absolute Gasteiger partial charge is 0.337 e. The minimum atomic E-state index is -0.438. The second kappa shape index (κ2) is 10.9. The van der Waals surface area contributed by atoms with Gasteiger partial charge in [-0.15, -0.1) is 0 Å².